The van der Waals surface area contributed by atoms with Gasteiger partial charge in [-0.3, -0.25) is 18.7 Å². The lowest BCUT2D eigenvalue weighted by atomic mass is 10.0. The molecule has 1 N–H and O–H groups in total. The van der Waals surface area contributed by atoms with Crippen molar-refractivity contribution in [2.24, 2.45) is 14.1 Å². The van der Waals surface area contributed by atoms with Gasteiger partial charge >= 0.3 is 5.69 Å². The maximum Gasteiger partial charge on any atom is 0.332 e. The molecule has 0 aliphatic carbocycles. The normalized spacial score (nSPS) is 11.5. The summed E-state index contributed by atoms with van der Waals surface area (Å²) in [5.41, 5.74) is 0.422. The number of pyridine rings is 1. The third-order valence-electron chi connectivity index (χ3n) is 3.87. The van der Waals surface area contributed by atoms with E-state index < -0.39 is 5.69 Å². The Morgan fingerprint density at radius 2 is 1.84 bits per heavy atom. The van der Waals surface area contributed by atoms with Gasteiger partial charge in [0.2, 0.25) is 5.91 Å². The van der Waals surface area contributed by atoms with Crippen LogP contribution in [0.5, 0.6) is 0 Å². The number of fused-ring (bicyclic) bond motifs is 1. The van der Waals surface area contributed by atoms with E-state index in [0.717, 1.165) is 15.0 Å². The maximum absolute atomic E-state index is 12.7. The first kappa shape index (κ1) is 19.2. The van der Waals surface area contributed by atoms with Crippen LogP contribution in [0.4, 0.5) is 0 Å². The Hall–Kier alpha value is -2.09. The van der Waals surface area contributed by atoms with Gasteiger partial charge in [0, 0.05) is 31.2 Å². The van der Waals surface area contributed by atoms with Crippen LogP contribution in [-0.4, -0.2) is 31.8 Å². The highest BCUT2D eigenvalue weighted by atomic mass is 32.2. The van der Waals surface area contributed by atoms with Crippen molar-refractivity contribution in [1.82, 2.24) is 19.4 Å². The van der Waals surface area contributed by atoms with Crippen LogP contribution in [0.3, 0.4) is 0 Å². The minimum Gasteiger partial charge on any atom is -0.353 e. The average Bonchev–Trinajstić information content (AvgIpc) is 2.54. The third kappa shape index (κ3) is 3.78. The fourth-order valence-electron chi connectivity index (χ4n) is 2.59. The molecule has 0 fully saturated rings. The first-order valence-corrected chi connectivity index (χ1v) is 9.14. The number of rotatable bonds is 5. The topological polar surface area (TPSA) is 86.0 Å². The molecule has 7 nitrogen and oxygen atoms in total. The number of carbonyl (C=O) groups is 1. The number of amides is 1. The molecule has 0 saturated carbocycles. The van der Waals surface area contributed by atoms with Gasteiger partial charge in [0.05, 0.1) is 11.1 Å². The average molecular weight is 364 g/mol. The summed E-state index contributed by atoms with van der Waals surface area (Å²) in [4.78, 5) is 41.9. The highest BCUT2D eigenvalue weighted by Crippen LogP contribution is 2.32. The van der Waals surface area contributed by atoms with Gasteiger partial charge in [0.15, 0.2) is 0 Å². The van der Waals surface area contributed by atoms with Crippen molar-refractivity contribution in [1.29, 1.82) is 0 Å². The van der Waals surface area contributed by atoms with E-state index in [2.05, 4.69) is 10.3 Å². The summed E-state index contributed by atoms with van der Waals surface area (Å²) in [7, 11) is 3.04. The van der Waals surface area contributed by atoms with E-state index in [9.17, 15) is 14.4 Å². The monoisotopic (exact) mass is 364 g/mol. The minimum absolute atomic E-state index is 0.0561. The lowest BCUT2D eigenvalue weighted by Gasteiger charge is -2.16. The molecule has 25 heavy (non-hydrogen) atoms. The van der Waals surface area contributed by atoms with Gasteiger partial charge in [-0.05, 0) is 25.3 Å². The molecule has 0 atom stereocenters. The van der Waals surface area contributed by atoms with Crippen LogP contribution in [0, 0.1) is 0 Å². The molecule has 0 radical (unpaired) electrons. The third-order valence-corrected chi connectivity index (χ3v) is 5.00. The number of thioether (sulfide) groups is 1. The molecule has 0 unspecified atom stereocenters. The standard InChI is InChI=1S/C17H24N4O3S/c1-9(2)11-7-18-15-13(16(23)21(6)17(24)20(15)5)14(11)25-8-12(22)19-10(3)4/h7,9-10H,8H2,1-6H3,(H,19,22). The maximum atomic E-state index is 12.7. The van der Waals surface area contributed by atoms with Crippen molar-refractivity contribution >= 4 is 28.7 Å². The Bertz CT molecular complexity index is 928. The van der Waals surface area contributed by atoms with Gasteiger partial charge in [-0.15, -0.1) is 11.8 Å². The zero-order valence-electron chi connectivity index (χ0n) is 15.4. The fraction of sp³-hybridized carbons (Fsp3) is 0.529. The lowest BCUT2D eigenvalue weighted by molar-refractivity contribution is -0.119. The molecule has 0 spiro atoms. The molecule has 0 aliphatic rings. The Morgan fingerprint density at radius 1 is 1.20 bits per heavy atom. The molecule has 2 rings (SSSR count). The van der Waals surface area contributed by atoms with Crippen molar-refractivity contribution in [2.75, 3.05) is 5.75 Å². The predicted octanol–water partition coefficient (Wildman–Crippen LogP) is 1.37. The molecule has 0 bridgehead atoms. The van der Waals surface area contributed by atoms with Crippen LogP contribution in [0.1, 0.15) is 39.2 Å². The summed E-state index contributed by atoms with van der Waals surface area (Å²) < 4.78 is 2.44. The molecule has 0 saturated heterocycles. The van der Waals surface area contributed by atoms with Gasteiger partial charge in [-0.25, -0.2) is 9.78 Å². The highest BCUT2D eigenvalue weighted by molar-refractivity contribution is 8.00. The molecule has 0 aromatic carbocycles. The van der Waals surface area contributed by atoms with Crippen molar-refractivity contribution in [2.45, 2.75) is 44.6 Å². The van der Waals surface area contributed by atoms with Crippen molar-refractivity contribution in [3.05, 3.63) is 32.6 Å². The number of aromatic nitrogens is 3. The molecule has 1 amide bonds. The number of hydrogen-bond acceptors (Lipinski definition) is 5. The van der Waals surface area contributed by atoms with Crippen molar-refractivity contribution in [3.63, 3.8) is 0 Å². The van der Waals surface area contributed by atoms with Crippen molar-refractivity contribution < 1.29 is 4.79 Å². The van der Waals surface area contributed by atoms with E-state index in [0.29, 0.717) is 11.0 Å². The smallest absolute Gasteiger partial charge is 0.332 e. The van der Waals surface area contributed by atoms with E-state index in [1.54, 1.807) is 13.2 Å². The number of nitrogens with zero attached hydrogens (tertiary/aromatic N) is 3. The van der Waals surface area contributed by atoms with Crippen LogP contribution < -0.4 is 16.6 Å². The van der Waals surface area contributed by atoms with Crippen molar-refractivity contribution in [3.8, 4) is 0 Å². The SMILES string of the molecule is CC(C)NC(=O)CSc1c(C(C)C)cnc2c1c(=O)n(C)c(=O)n2C. The van der Waals surface area contributed by atoms with E-state index in [1.165, 1.54) is 23.4 Å². The van der Waals surface area contributed by atoms with Gasteiger partial charge in [0.1, 0.15) is 5.65 Å². The van der Waals surface area contributed by atoms with Crippen LogP contribution in [0.2, 0.25) is 0 Å². The summed E-state index contributed by atoms with van der Waals surface area (Å²) in [6.07, 6.45) is 1.69. The molecule has 136 valence electrons. The first-order chi connectivity index (χ1) is 11.6. The second kappa shape index (κ2) is 7.43. The first-order valence-electron chi connectivity index (χ1n) is 8.15. The van der Waals surface area contributed by atoms with E-state index >= 15 is 0 Å². The quantitative estimate of drug-likeness (QED) is 0.810. The number of aryl methyl sites for hydroxylation is 1. The van der Waals surface area contributed by atoms with E-state index in [4.69, 9.17) is 0 Å². The molecular weight excluding hydrogens is 340 g/mol. The van der Waals surface area contributed by atoms with E-state index in [1.807, 2.05) is 27.7 Å². The molecular formula is C17H24N4O3S. The molecule has 8 heteroatoms. The van der Waals surface area contributed by atoms with Gasteiger partial charge < -0.3 is 5.32 Å². The lowest BCUT2D eigenvalue weighted by Crippen LogP contribution is -2.37. The molecule has 2 aromatic rings. The minimum atomic E-state index is -0.421. The molecule has 2 aromatic heterocycles. The highest BCUT2D eigenvalue weighted by Gasteiger charge is 2.20. The Morgan fingerprint density at radius 3 is 2.40 bits per heavy atom. The summed E-state index contributed by atoms with van der Waals surface area (Å²) >= 11 is 1.31. The number of nitrogens with one attached hydrogen (secondary N) is 1. The summed E-state index contributed by atoms with van der Waals surface area (Å²) in [5, 5.41) is 3.23. The molecule has 0 aliphatic heterocycles. The Labute approximate surface area is 150 Å². The second-order valence-corrected chi connectivity index (χ2v) is 7.60. The van der Waals surface area contributed by atoms with Crippen LogP contribution in [0.15, 0.2) is 20.7 Å². The summed E-state index contributed by atoms with van der Waals surface area (Å²) in [6, 6.07) is 0.0561. The predicted molar refractivity (Wildman–Crippen MR) is 100 cm³/mol. The Kier molecular flexibility index (Phi) is 5.72. The number of carbonyl (C=O) groups excluding carboxylic acids is 1. The summed E-state index contributed by atoms with van der Waals surface area (Å²) in [5.74, 6) is 0.235. The largest absolute Gasteiger partial charge is 0.353 e. The fourth-order valence-corrected chi connectivity index (χ4v) is 3.72. The van der Waals surface area contributed by atoms with Gasteiger partial charge in [0.25, 0.3) is 5.56 Å². The van der Waals surface area contributed by atoms with Crippen LogP contribution >= 0.6 is 11.8 Å². The number of hydrogen-bond donors (Lipinski definition) is 1. The zero-order chi connectivity index (χ0) is 18.9. The van der Waals surface area contributed by atoms with Crippen LogP contribution in [-0.2, 0) is 18.9 Å². The second-order valence-electron chi connectivity index (χ2n) is 6.61. The van der Waals surface area contributed by atoms with Crippen LogP contribution in [0.25, 0.3) is 11.0 Å². The Balaban J connectivity index is 2.66. The van der Waals surface area contributed by atoms with Gasteiger partial charge in [-0.1, -0.05) is 13.8 Å². The summed E-state index contributed by atoms with van der Waals surface area (Å²) in [6.45, 7) is 7.81. The van der Waals surface area contributed by atoms with E-state index in [-0.39, 0.29) is 29.2 Å². The zero-order valence-corrected chi connectivity index (χ0v) is 16.2. The molecule has 2 heterocycles. The van der Waals surface area contributed by atoms with Gasteiger partial charge in [-0.2, -0.15) is 0 Å².